The zero-order valence-electron chi connectivity index (χ0n) is 25.1. The number of hydrogen-bond donors (Lipinski definition) is 3. The van der Waals surface area contributed by atoms with Gasteiger partial charge in [0.1, 0.15) is 12.6 Å². The lowest BCUT2D eigenvalue weighted by atomic mass is 9.97. The average molecular weight is 638 g/mol. The molecule has 1 aliphatic rings. The lowest BCUT2D eigenvalue weighted by Gasteiger charge is -2.31. The number of amides is 3. The maximum Gasteiger partial charge on any atom is 0.408 e. The van der Waals surface area contributed by atoms with Gasteiger partial charge in [0.05, 0.1) is 32.8 Å². The number of aromatic nitrogens is 1. The number of carbonyl (C=O) groups excluding carboxylic acids is 4. The molecule has 0 bridgehead atoms. The highest BCUT2D eigenvalue weighted by molar-refractivity contribution is 7.62. The Morgan fingerprint density at radius 1 is 1.11 bits per heavy atom. The van der Waals surface area contributed by atoms with Crippen LogP contribution in [-0.4, -0.2) is 68.3 Å². The van der Waals surface area contributed by atoms with Crippen molar-refractivity contribution in [2.24, 2.45) is 11.7 Å². The molecule has 242 valence electrons. The van der Waals surface area contributed by atoms with E-state index in [-0.39, 0.29) is 68.3 Å². The van der Waals surface area contributed by atoms with E-state index in [1.54, 1.807) is 43.0 Å². The maximum absolute atomic E-state index is 13.7. The number of oxazole rings is 1. The molecular formula is C28H40N5O10P. The van der Waals surface area contributed by atoms with E-state index in [0.29, 0.717) is 25.9 Å². The van der Waals surface area contributed by atoms with Crippen molar-refractivity contribution in [2.45, 2.75) is 58.7 Å². The molecule has 3 rings (SSSR count). The van der Waals surface area contributed by atoms with Gasteiger partial charge < -0.3 is 44.2 Å². The zero-order chi connectivity index (χ0) is 32.1. The van der Waals surface area contributed by atoms with Crippen molar-refractivity contribution in [1.29, 1.82) is 0 Å². The minimum atomic E-state index is -3.91. The molecule has 0 spiro atoms. The van der Waals surface area contributed by atoms with Gasteiger partial charge in [0.15, 0.2) is 0 Å². The number of rotatable bonds is 16. The molecule has 2 aromatic rings. The fourth-order valence-corrected chi connectivity index (χ4v) is 6.19. The molecule has 0 aliphatic carbocycles. The quantitative estimate of drug-likeness (QED) is 0.179. The van der Waals surface area contributed by atoms with E-state index in [9.17, 15) is 23.7 Å². The molecule has 0 radical (unpaired) electrons. The van der Waals surface area contributed by atoms with Crippen LogP contribution in [0.15, 0.2) is 34.7 Å². The number of anilines is 1. The number of hydrogen-bond acceptors (Lipinski definition) is 12. The number of esters is 1. The predicted molar refractivity (Wildman–Crippen MR) is 158 cm³/mol. The Bertz CT molecular complexity index is 1300. The summed E-state index contributed by atoms with van der Waals surface area (Å²) in [5.41, 5.74) is 5.97. The number of carbonyl (C=O) groups is 4. The topological polar surface area (TPSA) is 202 Å². The molecule has 1 aromatic carbocycles. The summed E-state index contributed by atoms with van der Waals surface area (Å²) in [7, 11) is -2.57. The van der Waals surface area contributed by atoms with Crippen LogP contribution in [0.1, 0.15) is 51.0 Å². The van der Waals surface area contributed by atoms with E-state index in [1.165, 1.54) is 7.11 Å². The maximum atomic E-state index is 13.7. The van der Waals surface area contributed by atoms with Crippen molar-refractivity contribution in [3.8, 4) is 0 Å². The van der Waals surface area contributed by atoms with E-state index in [2.05, 4.69) is 15.6 Å². The third-order valence-electron chi connectivity index (χ3n) is 6.73. The molecule has 44 heavy (non-hydrogen) atoms. The first-order valence-electron chi connectivity index (χ1n) is 14.4. The second-order valence-corrected chi connectivity index (χ2v) is 11.8. The average Bonchev–Trinajstić information content (AvgIpc) is 3.46. The second kappa shape index (κ2) is 16.8. The molecule has 0 unspecified atom stereocenters. The van der Waals surface area contributed by atoms with Crippen LogP contribution in [0.5, 0.6) is 0 Å². The largest absolute Gasteiger partial charge is 0.469 e. The first-order chi connectivity index (χ1) is 21.1. The van der Waals surface area contributed by atoms with E-state index in [0.717, 1.165) is 5.56 Å². The molecule has 4 N–H and O–H groups in total. The highest BCUT2D eigenvalue weighted by atomic mass is 31.2. The first kappa shape index (κ1) is 34.5. The number of nitrogens with zero attached hydrogens (tertiary/aromatic N) is 2. The number of benzene rings is 1. The van der Waals surface area contributed by atoms with Crippen molar-refractivity contribution in [3.05, 3.63) is 41.8 Å². The SMILES string of the molecule is CCOP(=O)(OCC)c1nc(CNC(=O)[C@H](CCC(N)=O)NC(=O)OCc2ccccc2)oc1N1CCC(C(=O)OC)CC1. The molecular weight excluding hydrogens is 597 g/mol. The van der Waals surface area contributed by atoms with Gasteiger partial charge in [0, 0.05) is 19.5 Å². The first-order valence-corrected chi connectivity index (χ1v) is 15.9. The van der Waals surface area contributed by atoms with Crippen LogP contribution in [0.4, 0.5) is 10.7 Å². The van der Waals surface area contributed by atoms with Gasteiger partial charge in [-0.15, -0.1) is 0 Å². The zero-order valence-corrected chi connectivity index (χ0v) is 26.0. The number of methoxy groups -OCH3 is 1. The number of ether oxygens (including phenoxy) is 2. The number of piperidine rings is 1. The predicted octanol–water partition coefficient (Wildman–Crippen LogP) is 2.13. The number of primary amides is 1. The lowest BCUT2D eigenvalue weighted by Crippen LogP contribution is -2.47. The Kier molecular flexibility index (Phi) is 13.2. The molecule has 15 nitrogen and oxygen atoms in total. The fourth-order valence-electron chi connectivity index (χ4n) is 4.54. The van der Waals surface area contributed by atoms with Crippen molar-refractivity contribution in [1.82, 2.24) is 15.6 Å². The number of nitrogens with one attached hydrogen (secondary N) is 2. The molecule has 16 heteroatoms. The van der Waals surface area contributed by atoms with Gasteiger partial charge in [-0.3, -0.25) is 18.9 Å². The van der Waals surface area contributed by atoms with Gasteiger partial charge >= 0.3 is 19.7 Å². The van der Waals surface area contributed by atoms with Gasteiger partial charge in [0.25, 0.3) is 0 Å². The van der Waals surface area contributed by atoms with Gasteiger partial charge in [-0.1, -0.05) is 30.3 Å². The smallest absolute Gasteiger partial charge is 0.408 e. The Hall–Kier alpha value is -3.94. The van der Waals surface area contributed by atoms with E-state index in [1.807, 2.05) is 6.07 Å². The van der Waals surface area contributed by atoms with Crippen LogP contribution in [0.2, 0.25) is 0 Å². The van der Waals surface area contributed by atoms with E-state index >= 15 is 0 Å². The van der Waals surface area contributed by atoms with Crippen LogP contribution in [0.3, 0.4) is 0 Å². The second-order valence-electron chi connectivity index (χ2n) is 9.84. The van der Waals surface area contributed by atoms with Crippen LogP contribution in [-0.2, 0) is 50.6 Å². The Morgan fingerprint density at radius 3 is 2.36 bits per heavy atom. The Balaban J connectivity index is 1.75. The van der Waals surface area contributed by atoms with E-state index in [4.69, 9.17) is 28.7 Å². The molecule has 1 aliphatic heterocycles. The van der Waals surface area contributed by atoms with Crippen molar-refractivity contribution in [3.63, 3.8) is 0 Å². The monoisotopic (exact) mass is 637 g/mol. The van der Waals surface area contributed by atoms with Gasteiger partial charge in [-0.05, 0) is 38.7 Å². The summed E-state index contributed by atoms with van der Waals surface area (Å²) >= 11 is 0. The molecule has 2 heterocycles. The molecule has 3 amide bonds. The van der Waals surface area contributed by atoms with Gasteiger partial charge in [-0.2, -0.15) is 0 Å². The standard InChI is InChI=1S/C28H40N5O10P/c1-4-41-44(38,42-5-2)25-26(33-15-13-20(14-16-33)27(36)39-3)43-23(32-25)17-30-24(35)21(11-12-22(29)34)31-28(37)40-18-19-9-7-6-8-10-19/h6-10,20-21H,4-5,11-18H2,1-3H3,(H2,29,34)(H,30,35)(H,31,37)/t21-/m0/s1. The third kappa shape index (κ3) is 9.79. The van der Waals surface area contributed by atoms with Crippen LogP contribution in [0.25, 0.3) is 0 Å². The van der Waals surface area contributed by atoms with Crippen LogP contribution in [0, 0.1) is 5.92 Å². The molecule has 1 fully saturated rings. The minimum Gasteiger partial charge on any atom is -0.469 e. The number of nitrogens with two attached hydrogens (primary N) is 1. The highest BCUT2D eigenvalue weighted by Gasteiger charge is 2.39. The molecule has 1 atom stereocenters. The highest BCUT2D eigenvalue weighted by Crippen LogP contribution is 2.49. The fraction of sp³-hybridized carbons (Fsp3) is 0.536. The Labute approximate surface area is 255 Å². The lowest BCUT2D eigenvalue weighted by molar-refractivity contribution is -0.146. The Morgan fingerprint density at radius 2 is 1.77 bits per heavy atom. The summed E-state index contributed by atoms with van der Waals surface area (Å²) in [6, 6.07) is 7.82. The summed E-state index contributed by atoms with van der Waals surface area (Å²) in [5, 5.41) is 5.08. The summed E-state index contributed by atoms with van der Waals surface area (Å²) in [5.74, 6) is -1.74. The summed E-state index contributed by atoms with van der Waals surface area (Å²) in [6.45, 7) is 3.98. The third-order valence-corrected chi connectivity index (χ3v) is 8.73. The van der Waals surface area contributed by atoms with Gasteiger partial charge in [0.2, 0.25) is 29.0 Å². The summed E-state index contributed by atoms with van der Waals surface area (Å²) in [4.78, 5) is 55.1. The van der Waals surface area contributed by atoms with Crippen molar-refractivity contribution < 1.29 is 46.7 Å². The molecule has 1 saturated heterocycles. The van der Waals surface area contributed by atoms with Crippen LogP contribution < -0.4 is 26.7 Å². The summed E-state index contributed by atoms with van der Waals surface area (Å²) in [6.07, 6.45) is -0.163. The molecule has 0 saturated carbocycles. The summed E-state index contributed by atoms with van der Waals surface area (Å²) < 4.78 is 40.8. The van der Waals surface area contributed by atoms with Crippen LogP contribution >= 0.6 is 7.60 Å². The normalized spacial score (nSPS) is 14.5. The van der Waals surface area contributed by atoms with Crippen molar-refractivity contribution in [2.75, 3.05) is 38.3 Å². The van der Waals surface area contributed by atoms with Crippen molar-refractivity contribution >= 4 is 42.8 Å². The van der Waals surface area contributed by atoms with Gasteiger partial charge in [-0.25, -0.2) is 9.78 Å². The minimum absolute atomic E-state index is 0.00150. The van der Waals surface area contributed by atoms with E-state index < -0.39 is 31.5 Å². The molecule has 1 aromatic heterocycles. The number of alkyl carbamates (subject to hydrolysis) is 1.